The largest absolute Gasteiger partial charge is 0.478 e. The third kappa shape index (κ3) is 3.91. The van der Waals surface area contributed by atoms with Crippen LogP contribution in [0.3, 0.4) is 0 Å². The highest BCUT2D eigenvalue weighted by Crippen LogP contribution is 2.46. The van der Waals surface area contributed by atoms with Crippen LogP contribution < -0.4 is 0 Å². The van der Waals surface area contributed by atoms with E-state index in [-0.39, 0.29) is 18.4 Å². The lowest BCUT2D eigenvalue weighted by atomic mass is 9.68. The van der Waals surface area contributed by atoms with Crippen LogP contribution >= 0.6 is 0 Å². The molecule has 1 fully saturated rings. The van der Waals surface area contributed by atoms with Crippen molar-refractivity contribution in [3.05, 3.63) is 35.4 Å². The zero-order valence-corrected chi connectivity index (χ0v) is 14.1. The molecule has 6 heteroatoms. The number of ether oxygens (including phenoxy) is 1. The summed E-state index contributed by atoms with van der Waals surface area (Å²) >= 11 is 0. The molecule has 1 aromatic rings. The summed E-state index contributed by atoms with van der Waals surface area (Å²) in [5.41, 5.74) is -1.28. The van der Waals surface area contributed by atoms with Crippen molar-refractivity contribution in [2.45, 2.75) is 63.4 Å². The van der Waals surface area contributed by atoms with Crippen molar-refractivity contribution in [2.75, 3.05) is 0 Å². The first kappa shape index (κ1) is 18.4. The number of halogens is 2. The average Bonchev–Trinajstić information content (AvgIpc) is 2.46. The van der Waals surface area contributed by atoms with Crippen molar-refractivity contribution < 1.29 is 28.2 Å². The predicted octanol–water partition coefficient (Wildman–Crippen LogP) is 4.17. The minimum absolute atomic E-state index is 0.0265. The van der Waals surface area contributed by atoms with Crippen LogP contribution in [0.2, 0.25) is 0 Å². The summed E-state index contributed by atoms with van der Waals surface area (Å²) in [6, 6.07) is 5.82. The summed E-state index contributed by atoms with van der Waals surface area (Å²) in [5, 5.41) is 8.99. The lowest BCUT2D eigenvalue weighted by Crippen LogP contribution is -2.46. The van der Waals surface area contributed by atoms with Crippen LogP contribution in [-0.4, -0.2) is 28.6 Å². The van der Waals surface area contributed by atoms with Crippen LogP contribution in [0, 0.1) is 0 Å². The molecule has 0 aliphatic heterocycles. The third-order valence-corrected chi connectivity index (χ3v) is 4.31. The summed E-state index contributed by atoms with van der Waals surface area (Å²) in [6.45, 7) is 5.18. The monoisotopic (exact) mass is 340 g/mol. The first-order chi connectivity index (χ1) is 11.0. The van der Waals surface area contributed by atoms with Gasteiger partial charge in [-0.05, 0) is 51.3 Å². The summed E-state index contributed by atoms with van der Waals surface area (Å²) in [7, 11) is 0. The van der Waals surface area contributed by atoms with Crippen LogP contribution in [0.5, 0.6) is 0 Å². The number of carboxylic acids is 1. The molecule has 0 heterocycles. The molecule has 132 valence electrons. The van der Waals surface area contributed by atoms with Gasteiger partial charge in [0.2, 0.25) is 5.92 Å². The van der Waals surface area contributed by atoms with E-state index in [9.17, 15) is 18.4 Å². The predicted molar refractivity (Wildman–Crippen MR) is 84.3 cm³/mol. The fourth-order valence-electron chi connectivity index (χ4n) is 2.96. The van der Waals surface area contributed by atoms with Crippen molar-refractivity contribution in [3.63, 3.8) is 0 Å². The fraction of sp³-hybridized carbons (Fsp3) is 0.556. The molecular formula is C18H22F2O4. The van der Waals surface area contributed by atoms with Crippen LogP contribution in [0.1, 0.15) is 62.4 Å². The second-order valence-electron chi connectivity index (χ2n) is 7.32. The Morgan fingerprint density at radius 1 is 1.04 bits per heavy atom. The molecule has 0 bridgehead atoms. The number of carbonyl (C=O) groups excluding carboxylic acids is 1. The van der Waals surface area contributed by atoms with E-state index in [4.69, 9.17) is 9.84 Å². The van der Waals surface area contributed by atoms with E-state index in [0.29, 0.717) is 5.56 Å². The Bertz CT molecular complexity index is 619. The minimum Gasteiger partial charge on any atom is -0.478 e. The van der Waals surface area contributed by atoms with Gasteiger partial charge in [0.1, 0.15) is 5.60 Å². The normalized spacial score (nSPS) is 19.5. The van der Waals surface area contributed by atoms with Crippen molar-refractivity contribution >= 4 is 11.9 Å². The Kier molecular flexibility index (Phi) is 4.70. The maximum atomic E-state index is 13.6. The second kappa shape index (κ2) is 6.15. The molecular weight excluding hydrogens is 318 g/mol. The zero-order chi connectivity index (χ0) is 18.2. The number of benzene rings is 1. The molecule has 0 atom stereocenters. The number of carbonyl (C=O) groups is 2. The smallest absolute Gasteiger partial charge is 0.335 e. The van der Waals surface area contributed by atoms with Gasteiger partial charge in [-0.3, -0.25) is 4.79 Å². The van der Waals surface area contributed by atoms with Crippen molar-refractivity contribution in [1.82, 2.24) is 0 Å². The molecule has 1 aliphatic rings. The summed E-state index contributed by atoms with van der Waals surface area (Å²) < 4.78 is 32.7. The summed E-state index contributed by atoms with van der Waals surface area (Å²) in [5.74, 6) is -4.40. The van der Waals surface area contributed by atoms with Gasteiger partial charge in [-0.15, -0.1) is 0 Å². The molecule has 0 radical (unpaired) electrons. The van der Waals surface area contributed by atoms with Gasteiger partial charge in [0.05, 0.1) is 11.0 Å². The molecule has 0 saturated heterocycles. The highest BCUT2D eigenvalue weighted by molar-refractivity contribution is 5.88. The lowest BCUT2D eigenvalue weighted by Gasteiger charge is -2.40. The lowest BCUT2D eigenvalue weighted by molar-refractivity contribution is -0.167. The van der Waals surface area contributed by atoms with Gasteiger partial charge in [0, 0.05) is 12.8 Å². The molecule has 1 aromatic carbocycles. The molecule has 1 N–H and O–H groups in total. The van der Waals surface area contributed by atoms with E-state index in [1.54, 1.807) is 20.8 Å². The molecule has 4 nitrogen and oxygen atoms in total. The first-order valence-corrected chi connectivity index (χ1v) is 7.90. The number of hydrogen-bond donors (Lipinski definition) is 1. The number of rotatable bonds is 3. The standard InChI is InChI=1S/C18H22F2O4/c1-16(2,3)24-15(23)17(8-10-18(19,20)11-9-17)13-6-4-12(5-7-13)14(21)22/h4-7H,8-11H2,1-3H3,(H,21,22). The number of alkyl halides is 2. The van der Waals surface area contributed by atoms with Crippen LogP contribution in [0.25, 0.3) is 0 Å². The van der Waals surface area contributed by atoms with E-state index in [1.807, 2.05) is 0 Å². The molecule has 1 aliphatic carbocycles. The second-order valence-corrected chi connectivity index (χ2v) is 7.32. The SMILES string of the molecule is CC(C)(C)OC(=O)C1(c2ccc(C(=O)O)cc2)CCC(F)(F)CC1. The maximum absolute atomic E-state index is 13.6. The van der Waals surface area contributed by atoms with E-state index in [0.717, 1.165) is 0 Å². The highest BCUT2D eigenvalue weighted by Gasteiger charge is 2.50. The van der Waals surface area contributed by atoms with Crippen LogP contribution in [0.15, 0.2) is 24.3 Å². The molecule has 1 saturated carbocycles. The van der Waals surface area contributed by atoms with Gasteiger partial charge in [-0.2, -0.15) is 0 Å². The number of hydrogen-bond acceptors (Lipinski definition) is 3. The van der Waals surface area contributed by atoms with Crippen LogP contribution in [0.4, 0.5) is 8.78 Å². The average molecular weight is 340 g/mol. The molecule has 0 aromatic heterocycles. The van der Waals surface area contributed by atoms with Crippen molar-refractivity contribution in [3.8, 4) is 0 Å². The molecule has 0 spiro atoms. The highest BCUT2D eigenvalue weighted by atomic mass is 19.3. The summed E-state index contributed by atoms with van der Waals surface area (Å²) in [6.07, 6.45) is -0.845. The van der Waals surface area contributed by atoms with E-state index in [1.165, 1.54) is 24.3 Å². The first-order valence-electron chi connectivity index (χ1n) is 7.90. The Balaban J connectivity index is 2.39. The fourth-order valence-corrected chi connectivity index (χ4v) is 2.96. The Morgan fingerprint density at radius 2 is 1.54 bits per heavy atom. The van der Waals surface area contributed by atoms with Crippen molar-refractivity contribution in [2.24, 2.45) is 0 Å². The topological polar surface area (TPSA) is 63.6 Å². The number of carboxylic acid groups (broad SMARTS) is 1. The van der Waals surface area contributed by atoms with Gasteiger partial charge >= 0.3 is 11.9 Å². The maximum Gasteiger partial charge on any atom is 0.335 e. The van der Waals surface area contributed by atoms with E-state index >= 15 is 0 Å². The molecule has 0 unspecified atom stereocenters. The Hall–Kier alpha value is -1.98. The van der Waals surface area contributed by atoms with Gasteiger partial charge in [-0.1, -0.05) is 12.1 Å². The third-order valence-electron chi connectivity index (χ3n) is 4.31. The summed E-state index contributed by atoms with van der Waals surface area (Å²) in [4.78, 5) is 23.8. The van der Waals surface area contributed by atoms with E-state index < -0.39 is 41.7 Å². The van der Waals surface area contributed by atoms with Gasteiger partial charge in [0.25, 0.3) is 0 Å². The van der Waals surface area contributed by atoms with Crippen molar-refractivity contribution in [1.29, 1.82) is 0 Å². The van der Waals surface area contributed by atoms with Gasteiger partial charge in [-0.25, -0.2) is 13.6 Å². The number of esters is 1. The van der Waals surface area contributed by atoms with E-state index in [2.05, 4.69) is 0 Å². The number of aromatic carboxylic acids is 1. The Morgan fingerprint density at radius 3 is 1.96 bits per heavy atom. The Labute approximate surface area is 139 Å². The quantitative estimate of drug-likeness (QED) is 0.839. The van der Waals surface area contributed by atoms with Crippen LogP contribution in [-0.2, 0) is 14.9 Å². The minimum atomic E-state index is -2.79. The zero-order valence-electron chi connectivity index (χ0n) is 14.1. The van der Waals surface area contributed by atoms with Gasteiger partial charge in [0.15, 0.2) is 0 Å². The molecule has 24 heavy (non-hydrogen) atoms. The molecule has 2 rings (SSSR count). The van der Waals surface area contributed by atoms with Gasteiger partial charge < -0.3 is 9.84 Å². The molecule has 0 amide bonds.